The van der Waals surface area contributed by atoms with Gasteiger partial charge in [0.2, 0.25) is 41.4 Å². The smallest absolute Gasteiger partial charge is 0.246 e. The van der Waals surface area contributed by atoms with Gasteiger partial charge in [-0.15, -0.1) is 0 Å². The monoisotopic (exact) mass is 783 g/mol. The highest BCUT2D eigenvalue weighted by molar-refractivity contribution is 7.80. The van der Waals surface area contributed by atoms with Crippen molar-refractivity contribution in [1.82, 2.24) is 31.5 Å². The fourth-order valence-corrected chi connectivity index (χ4v) is 6.36. The van der Waals surface area contributed by atoms with E-state index < -0.39 is 78.1 Å². The fourth-order valence-electron chi connectivity index (χ4n) is 6.09. The van der Waals surface area contributed by atoms with Crippen LogP contribution in [0.2, 0.25) is 0 Å². The predicted octanol–water partition coefficient (Wildman–Crippen LogP) is -1.88. The molecule has 0 aliphatic carbocycles. The predicted molar refractivity (Wildman–Crippen MR) is 207 cm³/mol. The summed E-state index contributed by atoms with van der Waals surface area (Å²) in [5.41, 5.74) is 18.1. The maximum atomic E-state index is 13.7. The number of nitrogens with two attached hydrogens (primary N) is 3. The summed E-state index contributed by atoms with van der Waals surface area (Å²) in [5.74, 6) is -4.45. The summed E-state index contributed by atoms with van der Waals surface area (Å²) in [6.07, 6.45) is 2.69. The molecule has 2 aromatic carbocycles. The van der Waals surface area contributed by atoms with Gasteiger partial charge in [-0.05, 0) is 74.8 Å². The van der Waals surface area contributed by atoms with E-state index in [-0.39, 0.29) is 43.9 Å². The van der Waals surface area contributed by atoms with Crippen molar-refractivity contribution in [3.8, 4) is 5.75 Å². The number of thiol groups is 1. The first-order valence-corrected chi connectivity index (χ1v) is 18.9. The molecule has 0 bridgehead atoms. The van der Waals surface area contributed by atoms with E-state index in [1.165, 1.54) is 17.0 Å². The Morgan fingerprint density at radius 1 is 0.782 bits per heavy atom. The third-order valence-corrected chi connectivity index (χ3v) is 9.46. The van der Waals surface area contributed by atoms with Crippen LogP contribution in [0, 0.1) is 0 Å². The number of carbonyl (C=O) groups excluding carboxylic acids is 7. The number of nitrogens with one attached hydrogen (secondary N) is 5. The van der Waals surface area contributed by atoms with Gasteiger partial charge in [0, 0.05) is 18.7 Å². The molecule has 2 aromatic rings. The van der Waals surface area contributed by atoms with Gasteiger partial charge in [-0.1, -0.05) is 42.5 Å². The minimum absolute atomic E-state index is 0.0375. The molecule has 0 unspecified atom stereocenters. The van der Waals surface area contributed by atoms with E-state index >= 15 is 0 Å². The highest BCUT2D eigenvalue weighted by Gasteiger charge is 2.38. The first-order chi connectivity index (χ1) is 26.4. The van der Waals surface area contributed by atoms with E-state index in [0.717, 1.165) is 5.56 Å². The van der Waals surface area contributed by atoms with Crippen LogP contribution in [0.15, 0.2) is 54.6 Å². The van der Waals surface area contributed by atoms with Gasteiger partial charge < -0.3 is 53.8 Å². The number of aromatic hydroxyl groups is 1. The average Bonchev–Trinajstić information content (AvgIpc) is 3.68. The largest absolute Gasteiger partial charge is 0.508 e. The number of nitrogens with zero attached hydrogens (tertiary/aromatic N) is 1. The quantitative estimate of drug-likeness (QED) is 0.0469. The molecule has 0 radical (unpaired) electrons. The van der Waals surface area contributed by atoms with Gasteiger partial charge in [-0.2, -0.15) is 12.6 Å². The number of hydrogen-bond acceptors (Lipinski definition) is 11. The number of hydrogen-bond donors (Lipinski definition) is 10. The minimum atomic E-state index is -1.10. The topological polar surface area (TPSA) is 281 Å². The molecule has 0 saturated carbocycles. The van der Waals surface area contributed by atoms with E-state index in [2.05, 4.69) is 39.2 Å². The normalized spacial score (nSPS) is 15.8. The lowest BCUT2D eigenvalue weighted by molar-refractivity contribution is -0.141. The van der Waals surface area contributed by atoms with E-state index in [1.54, 1.807) is 12.1 Å². The molecule has 1 aliphatic rings. The standard InChI is InChI=1S/C37H53N9O8S/c38-17-5-4-9-26(34(51)44-27(16-13-23-7-2-1-3-8-23)35(52)45-29(22-55)33(40)50)42-32(49)21-41-36(53)30-10-6-18-46(30)37(54)28(43-31(48)20-39)19-24-11-14-25(47)15-12-24/h1-3,7-8,11-12,14-15,26-30,47,55H,4-6,9-10,13,16-22,38-39H2,(H2,40,50)(H,41,53)(H,42,49)(H,43,48)(H,44,51)(H,45,52)/t26-,27-,28-,29-,30-/m0/s1. The summed E-state index contributed by atoms with van der Waals surface area (Å²) in [5, 5.41) is 22.7. The molecule has 1 heterocycles. The van der Waals surface area contributed by atoms with Crippen molar-refractivity contribution in [3.63, 3.8) is 0 Å². The first-order valence-electron chi connectivity index (χ1n) is 18.3. The lowest BCUT2D eigenvalue weighted by Gasteiger charge is -2.29. The molecule has 5 atom stereocenters. The van der Waals surface area contributed by atoms with Gasteiger partial charge in [-0.3, -0.25) is 33.6 Å². The Morgan fingerprint density at radius 3 is 2.04 bits per heavy atom. The zero-order chi connectivity index (χ0) is 40.3. The highest BCUT2D eigenvalue weighted by atomic mass is 32.1. The number of likely N-dealkylation sites (tertiary alicyclic amines) is 1. The lowest BCUT2D eigenvalue weighted by atomic mass is 10.0. The number of unbranched alkanes of at least 4 members (excludes halogenated alkanes) is 1. The summed E-state index contributed by atoms with van der Waals surface area (Å²) in [6.45, 7) is -0.276. The summed E-state index contributed by atoms with van der Waals surface area (Å²) < 4.78 is 0. The summed E-state index contributed by atoms with van der Waals surface area (Å²) in [4.78, 5) is 92.5. The minimum Gasteiger partial charge on any atom is -0.508 e. The number of rotatable bonds is 22. The maximum Gasteiger partial charge on any atom is 0.246 e. The number of carbonyl (C=O) groups is 7. The van der Waals surface area contributed by atoms with Crippen LogP contribution >= 0.6 is 12.6 Å². The van der Waals surface area contributed by atoms with E-state index in [0.29, 0.717) is 44.2 Å². The molecule has 300 valence electrons. The number of phenolic OH excluding ortho intramolecular Hbond substituents is 1. The van der Waals surface area contributed by atoms with Crippen LogP contribution in [0.3, 0.4) is 0 Å². The van der Waals surface area contributed by atoms with Crippen LogP contribution in [0.25, 0.3) is 0 Å². The fraction of sp³-hybridized carbons (Fsp3) is 0.486. The number of primary amides is 1. The molecule has 12 N–H and O–H groups in total. The maximum absolute atomic E-state index is 13.7. The average molecular weight is 784 g/mol. The van der Waals surface area contributed by atoms with Gasteiger partial charge in [-0.25, -0.2) is 0 Å². The molecule has 1 aliphatic heterocycles. The Morgan fingerprint density at radius 2 is 1.42 bits per heavy atom. The Labute approximate surface area is 325 Å². The van der Waals surface area contributed by atoms with Crippen molar-refractivity contribution in [2.75, 3.05) is 31.9 Å². The second-order valence-electron chi connectivity index (χ2n) is 13.2. The van der Waals surface area contributed by atoms with Crippen LogP contribution < -0.4 is 43.8 Å². The van der Waals surface area contributed by atoms with Crippen molar-refractivity contribution in [3.05, 3.63) is 65.7 Å². The van der Waals surface area contributed by atoms with Crippen LogP contribution in [-0.2, 0) is 46.4 Å². The van der Waals surface area contributed by atoms with Gasteiger partial charge in [0.25, 0.3) is 0 Å². The molecule has 0 spiro atoms. The molecule has 55 heavy (non-hydrogen) atoms. The zero-order valence-electron chi connectivity index (χ0n) is 30.7. The summed E-state index contributed by atoms with van der Waals surface area (Å²) in [6, 6.07) is 10.2. The summed E-state index contributed by atoms with van der Waals surface area (Å²) >= 11 is 4.08. The molecule has 18 heteroatoms. The number of benzene rings is 2. The number of amides is 7. The van der Waals surface area contributed by atoms with Crippen molar-refractivity contribution in [2.24, 2.45) is 17.2 Å². The Bertz CT molecular complexity index is 1620. The van der Waals surface area contributed by atoms with Crippen molar-refractivity contribution < 1.29 is 38.7 Å². The molecule has 7 amide bonds. The van der Waals surface area contributed by atoms with Crippen LogP contribution in [-0.4, -0.2) is 113 Å². The van der Waals surface area contributed by atoms with Crippen molar-refractivity contribution in [1.29, 1.82) is 0 Å². The molecular weight excluding hydrogens is 731 g/mol. The number of aryl methyl sites for hydroxylation is 1. The molecule has 17 nitrogen and oxygen atoms in total. The van der Waals surface area contributed by atoms with E-state index in [1.807, 2.05) is 30.3 Å². The van der Waals surface area contributed by atoms with Crippen molar-refractivity contribution in [2.45, 2.75) is 81.6 Å². The van der Waals surface area contributed by atoms with Gasteiger partial charge >= 0.3 is 0 Å². The first kappa shape index (κ1) is 44.2. The molecule has 3 rings (SSSR count). The molecule has 0 aromatic heterocycles. The van der Waals surface area contributed by atoms with E-state index in [9.17, 15) is 38.7 Å². The molecule has 1 saturated heterocycles. The van der Waals surface area contributed by atoms with Crippen LogP contribution in [0.5, 0.6) is 5.75 Å². The van der Waals surface area contributed by atoms with Gasteiger partial charge in [0.1, 0.15) is 36.0 Å². The second-order valence-corrected chi connectivity index (χ2v) is 13.6. The van der Waals surface area contributed by atoms with Gasteiger partial charge in [0.05, 0.1) is 13.1 Å². The lowest BCUT2D eigenvalue weighted by Crippen LogP contribution is -2.57. The Balaban J connectivity index is 1.67. The summed E-state index contributed by atoms with van der Waals surface area (Å²) in [7, 11) is 0. The highest BCUT2D eigenvalue weighted by Crippen LogP contribution is 2.20. The van der Waals surface area contributed by atoms with Crippen LogP contribution in [0.4, 0.5) is 0 Å². The number of phenols is 1. The van der Waals surface area contributed by atoms with Gasteiger partial charge in [0.15, 0.2) is 0 Å². The zero-order valence-corrected chi connectivity index (χ0v) is 31.6. The third-order valence-electron chi connectivity index (χ3n) is 9.10. The SMILES string of the molecule is NCCCC[C@H](NC(=O)CNC(=O)[C@@H]1CCCN1C(=O)[C@H](Cc1ccc(O)cc1)NC(=O)CN)C(=O)N[C@@H](CCc1ccccc1)C(=O)N[C@@H](CS)C(N)=O. The second kappa shape index (κ2) is 22.9. The molecule has 1 fully saturated rings. The van der Waals surface area contributed by atoms with E-state index in [4.69, 9.17) is 17.2 Å². The van der Waals surface area contributed by atoms with Crippen LogP contribution in [0.1, 0.15) is 49.7 Å². The Kier molecular flexibility index (Phi) is 18.4. The molecular formula is C37H53N9O8S. The Hall–Kier alpha value is -5.20. The third kappa shape index (κ3) is 14.5. The van der Waals surface area contributed by atoms with Crippen molar-refractivity contribution >= 4 is 54.0 Å².